The normalized spacial score (nSPS) is 10.5. The van der Waals surface area contributed by atoms with Gasteiger partial charge in [0.25, 0.3) is 0 Å². The second kappa shape index (κ2) is 5.82. The van der Waals surface area contributed by atoms with Crippen molar-refractivity contribution in [2.45, 2.75) is 0 Å². The van der Waals surface area contributed by atoms with Crippen molar-refractivity contribution >= 4 is 12.9 Å². The first-order valence-electron chi connectivity index (χ1n) is 2.17. The third kappa shape index (κ3) is 4.82. The van der Waals surface area contributed by atoms with Gasteiger partial charge in [-0.2, -0.15) is 0 Å². The van der Waals surface area contributed by atoms with Gasteiger partial charge in [0.2, 0.25) is 0 Å². The van der Waals surface area contributed by atoms with E-state index in [0.717, 1.165) is 0 Å². The zero-order valence-corrected chi connectivity index (χ0v) is 4.62. The van der Waals surface area contributed by atoms with E-state index in [0.29, 0.717) is 0 Å². The van der Waals surface area contributed by atoms with E-state index in [2.05, 4.69) is 23.3 Å². The molecule has 0 unspecified atom stereocenters. The van der Waals surface area contributed by atoms with Gasteiger partial charge in [0, 0.05) is 18.6 Å². The number of allylic oxidation sites excluding steroid dienone is 1. The van der Waals surface area contributed by atoms with E-state index in [1.54, 1.807) is 12.3 Å². The van der Waals surface area contributed by atoms with Crippen LogP contribution in [0.15, 0.2) is 35.0 Å². The van der Waals surface area contributed by atoms with Gasteiger partial charge in [0.05, 0.1) is 0 Å². The van der Waals surface area contributed by atoms with Crippen LogP contribution in [0.3, 0.4) is 0 Å². The van der Waals surface area contributed by atoms with Gasteiger partial charge >= 0.3 is 0 Å². The third-order valence-electron chi connectivity index (χ3n) is 0.450. The predicted molar refractivity (Wildman–Crippen MR) is 37.4 cm³/mol. The Labute approximate surface area is 49.0 Å². The van der Waals surface area contributed by atoms with Crippen LogP contribution >= 0.6 is 0 Å². The number of hydrogen-bond acceptors (Lipinski definition) is 2. The highest BCUT2D eigenvalue weighted by Crippen LogP contribution is 1.71. The summed E-state index contributed by atoms with van der Waals surface area (Å²) in [7, 11) is 0. The van der Waals surface area contributed by atoms with E-state index in [4.69, 9.17) is 0 Å². The largest absolute Gasteiger partial charge is 0.271 e. The van der Waals surface area contributed by atoms with Gasteiger partial charge in [-0.15, -0.1) is 0 Å². The molecular formula is C6H8N2. The van der Waals surface area contributed by atoms with Crippen molar-refractivity contribution in [1.29, 1.82) is 0 Å². The maximum Gasteiger partial charge on any atom is 0.0450 e. The lowest BCUT2D eigenvalue weighted by atomic mass is 10.7. The number of nitrogens with zero attached hydrogens (tertiary/aromatic N) is 2. The number of hydrogen-bond donors (Lipinski definition) is 0. The van der Waals surface area contributed by atoms with Gasteiger partial charge in [-0.05, 0) is 6.72 Å². The van der Waals surface area contributed by atoms with Crippen LogP contribution in [0.25, 0.3) is 0 Å². The van der Waals surface area contributed by atoms with Gasteiger partial charge in [-0.25, -0.2) is 0 Å². The molecule has 0 saturated heterocycles. The molecule has 0 radical (unpaired) electrons. The van der Waals surface area contributed by atoms with E-state index >= 15 is 0 Å². The summed E-state index contributed by atoms with van der Waals surface area (Å²) in [6.07, 6.45) is 6.20. The maximum atomic E-state index is 3.72. The summed E-state index contributed by atoms with van der Waals surface area (Å²) in [6, 6.07) is 0. The summed E-state index contributed by atoms with van der Waals surface area (Å²) in [6.45, 7) is 6.65. The zero-order valence-electron chi connectivity index (χ0n) is 4.62. The van der Waals surface area contributed by atoms with Crippen LogP contribution in [-0.4, -0.2) is 12.9 Å². The lowest BCUT2D eigenvalue weighted by Gasteiger charge is -1.68. The highest BCUT2D eigenvalue weighted by molar-refractivity contribution is 5.70. The monoisotopic (exact) mass is 108 g/mol. The highest BCUT2D eigenvalue weighted by atomic mass is 14.7. The van der Waals surface area contributed by atoms with E-state index in [9.17, 15) is 0 Å². The topological polar surface area (TPSA) is 24.7 Å². The lowest BCUT2D eigenvalue weighted by Crippen LogP contribution is -1.55. The van der Waals surface area contributed by atoms with Gasteiger partial charge < -0.3 is 0 Å². The fraction of sp³-hybridized carbons (Fsp3) is 0. The van der Waals surface area contributed by atoms with Crippen molar-refractivity contribution in [3.8, 4) is 0 Å². The first kappa shape index (κ1) is 6.82. The Hall–Kier alpha value is -1.18. The van der Waals surface area contributed by atoms with Crippen molar-refractivity contribution < 1.29 is 0 Å². The molecule has 0 aromatic rings. The molecular weight excluding hydrogens is 100 g/mol. The number of aliphatic imine (C=N–C) groups is 2. The van der Waals surface area contributed by atoms with Crippen molar-refractivity contribution in [2.75, 3.05) is 0 Å². The van der Waals surface area contributed by atoms with Crippen LogP contribution < -0.4 is 0 Å². The molecule has 0 fully saturated rings. The van der Waals surface area contributed by atoms with E-state index in [1.165, 1.54) is 12.4 Å². The van der Waals surface area contributed by atoms with Crippen LogP contribution in [0.2, 0.25) is 0 Å². The van der Waals surface area contributed by atoms with Crippen molar-refractivity contribution in [3.05, 3.63) is 25.1 Å². The molecule has 0 aromatic heterocycles. The molecule has 2 heteroatoms. The van der Waals surface area contributed by atoms with Crippen LogP contribution in [-0.2, 0) is 0 Å². The fourth-order valence-corrected chi connectivity index (χ4v) is 0.196. The first-order valence-corrected chi connectivity index (χ1v) is 2.17. The van der Waals surface area contributed by atoms with Gasteiger partial charge in [0.15, 0.2) is 0 Å². The summed E-state index contributed by atoms with van der Waals surface area (Å²) in [5, 5.41) is 0. The molecule has 0 bridgehead atoms. The van der Waals surface area contributed by atoms with Gasteiger partial charge in [0.1, 0.15) is 0 Å². The molecule has 0 aliphatic carbocycles. The van der Waals surface area contributed by atoms with E-state index in [1.807, 2.05) is 0 Å². The maximum absolute atomic E-state index is 3.72. The Bertz CT molecular complexity index is 106. The Morgan fingerprint density at radius 2 is 2.00 bits per heavy atom. The summed E-state index contributed by atoms with van der Waals surface area (Å²) in [4.78, 5) is 7.15. The second-order valence-electron chi connectivity index (χ2n) is 1.01. The molecule has 0 atom stereocenters. The smallest absolute Gasteiger partial charge is 0.0450 e. The molecule has 0 aliphatic rings. The van der Waals surface area contributed by atoms with Crippen LogP contribution in [0.4, 0.5) is 0 Å². The summed E-state index contributed by atoms with van der Waals surface area (Å²) in [5.41, 5.74) is 0. The Morgan fingerprint density at radius 3 is 2.50 bits per heavy atom. The molecule has 8 heavy (non-hydrogen) atoms. The van der Waals surface area contributed by atoms with Crippen LogP contribution in [0, 0.1) is 0 Å². The standard InChI is InChI=1S/C6H8N2/c1-3-4-8-6-5-7-2/h3-6H,1-2H2. The van der Waals surface area contributed by atoms with Gasteiger partial charge in [-0.3, -0.25) is 9.98 Å². The van der Waals surface area contributed by atoms with Crippen molar-refractivity contribution in [2.24, 2.45) is 9.98 Å². The average molecular weight is 108 g/mol. The van der Waals surface area contributed by atoms with Gasteiger partial charge in [-0.1, -0.05) is 12.7 Å². The molecule has 2 nitrogen and oxygen atoms in total. The molecule has 0 spiro atoms. The minimum Gasteiger partial charge on any atom is -0.271 e. The molecule has 0 amide bonds. The van der Waals surface area contributed by atoms with E-state index < -0.39 is 0 Å². The van der Waals surface area contributed by atoms with E-state index in [-0.39, 0.29) is 0 Å². The zero-order chi connectivity index (χ0) is 6.24. The Balaban J connectivity index is 3.41. The molecule has 0 rings (SSSR count). The molecule has 0 aromatic carbocycles. The molecule has 42 valence electrons. The van der Waals surface area contributed by atoms with Crippen molar-refractivity contribution in [3.63, 3.8) is 0 Å². The first-order chi connectivity index (χ1) is 3.91. The fourth-order valence-electron chi connectivity index (χ4n) is 0.196. The average Bonchev–Trinajstić information content (AvgIpc) is 1.81. The second-order valence-corrected chi connectivity index (χ2v) is 1.01. The molecule has 0 heterocycles. The summed E-state index contributed by atoms with van der Waals surface area (Å²) >= 11 is 0. The molecule has 0 saturated carbocycles. The minimum atomic E-state index is 1.50. The Kier molecular flexibility index (Phi) is 4.96. The quantitative estimate of drug-likeness (QED) is 0.488. The third-order valence-corrected chi connectivity index (χ3v) is 0.450. The lowest BCUT2D eigenvalue weighted by molar-refractivity contribution is 1.50. The summed E-state index contributed by atoms with van der Waals surface area (Å²) < 4.78 is 0. The highest BCUT2D eigenvalue weighted by Gasteiger charge is 1.54. The predicted octanol–water partition coefficient (Wildman–Crippen LogP) is 1.41. The molecule has 0 aliphatic heterocycles. The Morgan fingerprint density at radius 1 is 1.25 bits per heavy atom. The summed E-state index contributed by atoms with van der Waals surface area (Å²) in [5.74, 6) is 0. The van der Waals surface area contributed by atoms with Crippen LogP contribution in [0.1, 0.15) is 0 Å². The number of rotatable bonds is 3. The SMILES string of the molecule is C=CC=NC=CN=C. The van der Waals surface area contributed by atoms with Crippen molar-refractivity contribution in [1.82, 2.24) is 0 Å². The minimum absolute atomic E-state index is 1.50. The van der Waals surface area contributed by atoms with Crippen LogP contribution in [0.5, 0.6) is 0 Å². The molecule has 0 N–H and O–H groups in total.